The number of rotatable bonds is 60. The van der Waals surface area contributed by atoms with Gasteiger partial charge in [-0.1, -0.05) is 295 Å². The molecule has 0 fully saturated rings. The molecule has 0 aromatic rings. The van der Waals surface area contributed by atoms with Crippen LogP contribution in [-0.2, 0) is 28.6 Å². The van der Waals surface area contributed by atoms with Gasteiger partial charge in [0.1, 0.15) is 13.2 Å². The molecule has 0 saturated heterocycles. The quantitative estimate of drug-likeness (QED) is 0.0261. The van der Waals surface area contributed by atoms with Crippen LogP contribution in [0.1, 0.15) is 355 Å². The van der Waals surface area contributed by atoms with Crippen molar-refractivity contribution in [2.24, 2.45) is 0 Å². The zero-order chi connectivity index (χ0) is 52.9. The number of esters is 3. The molecule has 0 aliphatic heterocycles. The van der Waals surface area contributed by atoms with Crippen molar-refractivity contribution in [3.05, 3.63) is 36.5 Å². The standard InChI is InChI=1S/C67H124O6/c1-4-7-10-13-16-19-21-23-25-27-28-29-30-31-32-33-34-35-36-37-38-40-41-43-45-48-51-54-57-60-66(69)72-63-64(62-71-65(68)59-56-53-50-47-18-15-12-9-6-3)73-67(70)61-58-55-52-49-46-44-42-39-26-24-22-20-17-14-11-8-5-2/h17,20,24,26-28,64H,4-16,18-19,21-23,25,29-63H2,1-3H3/b20-17-,26-24-,28-27-. The summed E-state index contributed by atoms with van der Waals surface area (Å²) in [5, 5.41) is 0. The second-order valence-corrected chi connectivity index (χ2v) is 22.0. The van der Waals surface area contributed by atoms with Gasteiger partial charge in [0, 0.05) is 19.3 Å². The van der Waals surface area contributed by atoms with E-state index in [0.717, 1.165) is 70.6 Å². The van der Waals surface area contributed by atoms with Gasteiger partial charge in [-0.2, -0.15) is 0 Å². The second kappa shape index (κ2) is 62.2. The molecular weight excluding hydrogens is 901 g/mol. The first kappa shape index (κ1) is 70.6. The Balaban J connectivity index is 4.09. The average Bonchev–Trinajstić information content (AvgIpc) is 3.39. The third-order valence-electron chi connectivity index (χ3n) is 14.6. The van der Waals surface area contributed by atoms with E-state index in [2.05, 4.69) is 57.2 Å². The monoisotopic (exact) mass is 1020 g/mol. The Hall–Kier alpha value is -2.37. The van der Waals surface area contributed by atoms with E-state index in [9.17, 15) is 14.4 Å². The van der Waals surface area contributed by atoms with Gasteiger partial charge in [-0.15, -0.1) is 0 Å². The first-order chi connectivity index (χ1) is 36.0. The van der Waals surface area contributed by atoms with E-state index in [1.807, 2.05) is 0 Å². The van der Waals surface area contributed by atoms with Crippen LogP contribution in [0.4, 0.5) is 0 Å². The Labute approximate surface area is 455 Å². The van der Waals surface area contributed by atoms with Crippen molar-refractivity contribution in [3.8, 4) is 0 Å². The van der Waals surface area contributed by atoms with Gasteiger partial charge in [0.25, 0.3) is 0 Å². The van der Waals surface area contributed by atoms with Crippen LogP contribution >= 0.6 is 0 Å². The van der Waals surface area contributed by atoms with Crippen molar-refractivity contribution in [1.29, 1.82) is 0 Å². The van der Waals surface area contributed by atoms with Crippen LogP contribution in [-0.4, -0.2) is 37.2 Å². The number of unbranched alkanes of at least 4 members (excludes halogenated alkanes) is 43. The summed E-state index contributed by atoms with van der Waals surface area (Å²) in [6, 6.07) is 0. The Morgan fingerprint density at radius 3 is 0.795 bits per heavy atom. The predicted octanol–water partition coefficient (Wildman–Crippen LogP) is 22.0. The highest BCUT2D eigenvalue weighted by molar-refractivity contribution is 5.71. The predicted molar refractivity (Wildman–Crippen MR) is 316 cm³/mol. The fraction of sp³-hybridized carbons (Fsp3) is 0.866. The zero-order valence-corrected chi connectivity index (χ0v) is 49.2. The number of ether oxygens (including phenoxy) is 3. The molecule has 1 atom stereocenters. The Bertz CT molecular complexity index is 1220. The molecule has 0 aromatic heterocycles. The van der Waals surface area contributed by atoms with Crippen molar-refractivity contribution in [2.75, 3.05) is 13.2 Å². The summed E-state index contributed by atoms with van der Waals surface area (Å²) in [4.78, 5) is 38.1. The van der Waals surface area contributed by atoms with Gasteiger partial charge in [-0.05, 0) is 77.0 Å². The van der Waals surface area contributed by atoms with E-state index >= 15 is 0 Å². The summed E-state index contributed by atoms with van der Waals surface area (Å²) in [5.41, 5.74) is 0. The first-order valence-corrected chi connectivity index (χ1v) is 32.5. The maximum absolute atomic E-state index is 12.9. The second-order valence-electron chi connectivity index (χ2n) is 22.0. The van der Waals surface area contributed by atoms with E-state index in [0.29, 0.717) is 19.3 Å². The molecule has 0 amide bonds. The first-order valence-electron chi connectivity index (χ1n) is 32.5. The van der Waals surface area contributed by atoms with Crippen LogP contribution < -0.4 is 0 Å². The van der Waals surface area contributed by atoms with Crippen LogP contribution in [0.25, 0.3) is 0 Å². The molecular formula is C67H124O6. The fourth-order valence-electron chi connectivity index (χ4n) is 9.71. The van der Waals surface area contributed by atoms with Crippen molar-refractivity contribution in [1.82, 2.24) is 0 Å². The maximum Gasteiger partial charge on any atom is 0.306 e. The van der Waals surface area contributed by atoms with Crippen LogP contribution in [0.2, 0.25) is 0 Å². The molecule has 6 nitrogen and oxygen atoms in total. The number of hydrogen-bond acceptors (Lipinski definition) is 6. The molecule has 0 saturated carbocycles. The lowest BCUT2D eigenvalue weighted by molar-refractivity contribution is -0.167. The molecule has 73 heavy (non-hydrogen) atoms. The molecule has 0 bridgehead atoms. The third-order valence-corrected chi connectivity index (χ3v) is 14.6. The van der Waals surface area contributed by atoms with Crippen LogP contribution in [0, 0.1) is 0 Å². The molecule has 0 aliphatic carbocycles. The average molecular weight is 1030 g/mol. The van der Waals surface area contributed by atoms with Crippen molar-refractivity contribution >= 4 is 17.9 Å². The smallest absolute Gasteiger partial charge is 0.306 e. The summed E-state index contributed by atoms with van der Waals surface area (Å²) in [5.74, 6) is -0.861. The zero-order valence-electron chi connectivity index (χ0n) is 49.2. The van der Waals surface area contributed by atoms with Crippen LogP contribution in [0.3, 0.4) is 0 Å². The summed E-state index contributed by atoms with van der Waals surface area (Å²) >= 11 is 0. The van der Waals surface area contributed by atoms with E-state index in [1.54, 1.807) is 0 Å². The van der Waals surface area contributed by atoms with Crippen LogP contribution in [0.5, 0.6) is 0 Å². The molecule has 0 radical (unpaired) electrons. The number of carbonyl (C=O) groups is 3. The lowest BCUT2D eigenvalue weighted by atomic mass is 10.0. The van der Waals surface area contributed by atoms with E-state index in [-0.39, 0.29) is 31.1 Å². The fourth-order valence-corrected chi connectivity index (χ4v) is 9.71. The lowest BCUT2D eigenvalue weighted by Gasteiger charge is -2.18. The Morgan fingerprint density at radius 1 is 0.274 bits per heavy atom. The minimum Gasteiger partial charge on any atom is -0.462 e. The van der Waals surface area contributed by atoms with Gasteiger partial charge in [0.05, 0.1) is 0 Å². The van der Waals surface area contributed by atoms with Gasteiger partial charge in [-0.25, -0.2) is 0 Å². The topological polar surface area (TPSA) is 78.9 Å². The van der Waals surface area contributed by atoms with Gasteiger partial charge >= 0.3 is 17.9 Å². The van der Waals surface area contributed by atoms with Crippen molar-refractivity contribution in [2.45, 2.75) is 361 Å². The number of carbonyl (C=O) groups excluding carboxylic acids is 3. The maximum atomic E-state index is 12.9. The number of allylic oxidation sites excluding steroid dienone is 6. The van der Waals surface area contributed by atoms with Gasteiger partial charge in [0.2, 0.25) is 0 Å². The van der Waals surface area contributed by atoms with E-state index in [1.165, 1.54) is 244 Å². The van der Waals surface area contributed by atoms with Crippen molar-refractivity contribution < 1.29 is 28.6 Å². The SMILES string of the molecule is CCCCC/C=C\C/C=C\CCCCCCCCCC(=O)OC(COC(=O)CCCCCCCCCCC)COC(=O)CCCCCCCCCCCCCCCCCCC/C=C\CCCCCCCCCC. The summed E-state index contributed by atoms with van der Waals surface area (Å²) in [7, 11) is 0. The largest absolute Gasteiger partial charge is 0.462 e. The molecule has 0 aliphatic rings. The molecule has 428 valence electrons. The highest BCUT2D eigenvalue weighted by Crippen LogP contribution is 2.17. The molecule has 1 unspecified atom stereocenters. The normalized spacial score (nSPS) is 12.2. The molecule has 0 rings (SSSR count). The summed E-state index contributed by atoms with van der Waals surface area (Å²) < 4.78 is 16.9. The van der Waals surface area contributed by atoms with E-state index in [4.69, 9.17) is 14.2 Å². The minimum atomic E-state index is -0.772. The molecule has 0 N–H and O–H groups in total. The van der Waals surface area contributed by atoms with Gasteiger partial charge in [-0.3, -0.25) is 14.4 Å². The Kier molecular flexibility index (Phi) is 60.2. The third kappa shape index (κ3) is 60.4. The molecule has 6 heteroatoms. The minimum absolute atomic E-state index is 0.0709. The molecule has 0 spiro atoms. The summed E-state index contributed by atoms with van der Waals surface area (Å²) in [6.07, 6.45) is 76.0. The molecule has 0 aromatic carbocycles. The Morgan fingerprint density at radius 2 is 0.493 bits per heavy atom. The van der Waals surface area contributed by atoms with Gasteiger partial charge in [0.15, 0.2) is 6.10 Å². The highest BCUT2D eigenvalue weighted by atomic mass is 16.6. The van der Waals surface area contributed by atoms with Crippen molar-refractivity contribution in [3.63, 3.8) is 0 Å². The number of hydrogen-bond donors (Lipinski definition) is 0. The highest BCUT2D eigenvalue weighted by Gasteiger charge is 2.19. The summed E-state index contributed by atoms with van der Waals surface area (Å²) in [6.45, 7) is 6.64. The van der Waals surface area contributed by atoms with Crippen LogP contribution in [0.15, 0.2) is 36.5 Å². The van der Waals surface area contributed by atoms with E-state index < -0.39 is 6.10 Å². The lowest BCUT2D eigenvalue weighted by Crippen LogP contribution is -2.30. The van der Waals surface area contributed by atoms with Gasteiger partial charge < -0.3 is 14.2 Å². The molecule has 0 heterocycles.